The van der Waals surface area contributed by atoms with Crippen molar-refractivity contribution in [2.24, 2.45) is 5.92 Å². The molecular weight excluding hydrogens is 321 g/mol. The fourth-order valence-corrected chi connectivity index (χ4v) is 2.93. The van der Waals surface area contributed by atoms with E-state index in [1.807, 2.05) is 12.1 Å². The van der Waals surface area contributed by atoms with Gasteiger partial charge in [0.2, 0.25) is 11.8 Å². The number of carbonyl (C=O) groups excluding carboxylic acids is 2. The topological polar surface area (TPSA) is 62.3 Å². The van der Waals surface area contributed by atoms with E-state index in [-0.39, 0.29) is 30.0 Å². The summed E-state index contributed by atoms with van der Waals surface area (Å²) in [5.74, 6) is -0.720. The van der Waals surface area contributed by atoms with Gasteiger partial charge in [-0.3, -0.25) is 14.6 Å². The van der Waals surface area contributed by atoms with Crippen LogP contribution in [0.25, 0.3) is 0 Å². The lowest BCUT2D eigenvalue weighted by Crippen LogP contribution is -2.38. The molecule has 0 aliphatic carbocycles. The number of nitrogens with zero attached hydrogens (tertiary/aromatic N) is 2. The molecule has 2 amide bonds. The zero-order valence-corrected chi connectivity index (χ0v) is 13.8. The first kappa shape index (κ1) is 17.1. The van der Waals surface area contributed by atoms with Gasteiger partial charge in [0.25, 0.3) is 0 Å². The van der Waals surface area contributed by atoms with E-state index in [2.05, 4.69) is 10.3 Å². The van der Waals surface area contributed by atoms with Crippen molar-refractivity contribution in [1.82, 2.24) is 15.2 Å². The van der Waals surface area contributed by atoms with E-state index < -0.39 is 0 Å². The van der Waals surface area contributed by atoms with E-state index in [0.29, 0.717) is 26.1 Å². The lowest BCUT2D eigenvalue weighted by Gasteiger charge is -2.25. The molecule has 130 valence electrons. The Morgan fingerprint density at radius 1 is 1.24 bits per heavy atom. The number of halogens is 1. The fourth-order valence-electron chi connectivity index (χ4n) is 2.93. The van der Waals surface area contributed by atoms with E-state index in [0.717, 1.165) is 11.1 Å². The number of hydrogen-bond donors (Lipinski definition) is 1. The molecule has 0 bridgehead atoms. The minimum atomic E-state index is -0.322. The molecule has 1 aliphatic heterocycles. The number of amides is 2. The molecule has 6 heteroatoms. The van der Waals surface area contributed by atoms with Crippen LogP contribution in [0.2, 0.25) is 0 Å². The van der Waals surface area contributed by atoms with Crippen molar-refractivity contribution in [3.8, 4) is 0 Å². The molecule has 1 aromatic heterocycles. The van der Waals surface area contributed by atoms with Crippen molar-refractivity contribution < 1.29 is 14.0 Å². The molecule has 1 fully saturated rings. The summed E-state index contributed by atoms with van der Waals surface area (Å²) in [6, 6.07) is 10.0. The third kappa shape index (κ3) is 4.62. The molecule has 0 spiro atoms. The maximum atomic E-state index is 13.0. The SMILES string of the molecule is O=C1CC(C(=O)N(CCc2ccc(F)cc2)Cc2cccnc2)CN1. The number of carbonyl (C=O) groups is 2. The van der Waals surface area contributed by atoms with E-state index in [4.69, 9.17) is 0 Å². The summed E-state index contributed by atoms with van der Waals surface area (Å²) >= 11 is 0. The second kappa shape index (κ2) is 7.88. The first-order valence-electron chi connectivity index (χ1n) is 8.30. The Kier molecular flexibility index (Phi) is 5.38. The van der Waals surface area contributed by atoms with Crippen LogP contribution in [0.3, 0.4) is 0 Å². The molecule has 5 nitrogen and oxygen atoms in total. The van der Waals surface area contributed by atoms with Crippen molar-refractivity contribution in [1.29, 1.82) is 0 Å². The predicted molar refractivity (Wildman–Crippen MR) is 90.9 cm³/mol. The summed E-state index contributed by atoms with van der Waals surface area (Å²) in [7, 11) is 0. The van der Waals surface area contributed by atoms with Gasteiger partial charge in [-0.15, -0.1) is 0 Å². The largest absolute Gasteiger partial charge is 0.355 e. The van der Waals surface area contributed by atoms with Gasteiger partial charge >= 0.3 is 0 Å². The number of nitrogens with one attached hydrogen (secondary N) is 1. The van der Waals surface area contributed by atoms with Gasteiger partial charge < -0.3 is 10.2 Å². The van der Waals surface area contributed by atoms with Gasteiger partial charge in [0.1, 0.15) is 5.82 Å². The first-order valence-corrected chi connectivity index (χ1v) is 8.30. The number of rotatable bonds is 6. The van der Waals surface area contributed by atoms with Gasteiger partial charge in [0, 0.05) is 38.4 Å². The Balaban J connectivity index is 1.70. The summed E-state index contributed by atoms with van der Waals surface area (Å²) < 4.78 is 13.0. The van der Waals surface area contributed by atoms with Gasteiger partial charge in [-0.25, -0.2) is 4.39 Å². The summed E-state index contributed by atoms with van der Waals surface area (Å²) in [6.45, 7) is 1.33. The lowest BCUT2D eigenvalue weighted by atomic mass is 10.1. The molecule has 25 heavy (non-hydrogen) atoms. The summed E-state index contributed by atoms with van der Waals surface area (Å²) in [5.41, 5.74) is 1.90. The van der Waals surface area contributed by atoms with Crippen LogP contribution in [0.1, 0.15) is 17.5 Å². The summed E-state index contributed by atoms with van der Waals surface area (Å²) in [5, 5.41) is 2.71. The third-order valence-electron chi connectivity index (χ3n) is 4.32. The Bertz CT molecular complexity index is 734. The molecule has 1 aromatic carbocycles. The van der Waals surface area contributed by atoms with E-state index in [9.17, 15) is 14.0 Å². The average Bonchev–Trinajstić information content (AvgIpc) is 3.07. The molecule has 2 aromatic rings. The van der Waals surface area contributed by atoms with E-state index in [1.165, 1.54) is 12.1 Å². The first-order chi connectivity index (χ1) is 12.1. The normalized spacial score (nSPS) is 16.5. The van der Waals surface area contributed by atoms with Crippen LogP contribution < -0.4 is 5.32 Å². The summed E-state index contributed by atoms with van der Waals surface area (Å²) in [4.78, 5) is 30.1. The van der Waals surface area contributed by atoms with Crippen LogP contribution >= 0.6 is 0 Å². The number of pyridine rings is 1. The standard InChI is InChI=1S/C19H20FN3O2/c20-17-5-3-14(4-6-17)7-9-23(13-15-2-1-8-21-11-15)19(25)16-10-18(24)22-12-16/h1-6,8,11,16H,7,9-10,12-13H2,(H,22,24). The zero-order chi connectivity index (χ0) is 17.6. The lowest BCUT2D eigenvalue weighted by molar-refractivity contribution is -0.136. The molecule has 1 saturated heterocycles. The Morgan fingerprint density at radius 2 is 2.04 bits per heavy atom. The summed E-state index contributed by atoms with van der Waals surface area (Å²) in [6.07, 6.45) is 4.28. The maximum Gasteiger partial charge on any atom is 0.228 e. The Labute approximate surface area is 145 Å². The van der Waals surface area contributed by atoms with E-state index >= 15 is 0 Å². The van der Waals surface area contributed by atoms with Gasteiger partial charge in [-0.05, 0) is 35.7 Å². The van der Waals surface area contributed by atoms with Crippen LogP contribution in [0, 0.1) is 11.7 Å². The van der Waals surface area contributed by atoms with Crippen molar-refractivity contribution in [3.05, 3.63) is 65.7 Å². The van der Waals surface area contributed by atoms with Crippen molar-refractivity contribution in [2.75, 3.05) is 13.1 Å². The average molecular weight is 341 g/mol. The molecule has 2 heterocycles. The molecule has 1 aliphatic rings. The predicted octanol–water partition coefficient (Wildman–Crippen LogP) is 1.93. The molecule has 0 saturated carbocycles. The maximum absolute atomic E-state index is 13.0. The van der Waals surface area contributed by atoms with E-state index in [1.54, 1.807) is 29.4 Å². The highest BCUT2D eigenvalue weighted by Gasteiger charge is 2.31. The second-order valence-electron chi connectivity index (χ2n) is 6.20. The number of aromatic nitrogens is 1. The highest BCUT2D eigenvalue weighted by Crippen LogP contribution is 2.16. The zero-order valence-electron chi connectivity index (χ0n) is 13.8. The second-order valence-corrected chi connectivity index (χ2v) is 6.20. The Morgan fingerprint density at radius 3 is 2.68 bits per heavy atom. The van der Waals surface area contributed by atoms with Gasteiger partial charge in [0.15, 0.2) is 0 Å². The minimum Gasteiger partial charge on any atom is -0.355 e. The molecule has 1 unspecified atom stereocenters. The van der Waals surface area contributed by atoms with Crippen LogP contribution in [0.5, 0.6) is 0 Å². The van der Waals surface area contributed by atoms with Gasteiger partial charge in [-0.1, -0.05) is 18.2 Å². The number of hydrogen-bond acceptors (Lipinski definition) is 3. The highest BCUT2D eigenvalue weighted by molar-refractivity contribution is 5.89. The van der Waals surface area contributed by atoms with Crippen molar-refractivity contribution in [2.45, 2.75) is 19.4 Å². The molecule has 1 atom stereocenters. The van der Waals surface area contributed by atoms with Gasteiger partial charge in [-0.2, -0.15) is 0 Å². The van der Waals surface area contributed by atoms with Crippen LogP contribution in [-0.2, 0) is 22.6 Å². The fraction of sp³-hybridized carbons (Fsp3) is 0.316. The van der Waals surface area contributed by atoms with Crippen LogP contribution in [-0.4, -0.2) is 34.8 Å². The Hall–Kier alpha value is -2.76. The monoisotopic (exact) mass is 341 g/mol. The smallest absolute Gasteiger partial charge is 0.228 e. The molecule has 1 N–H and O–H groups in total. The van der Waals surface area contributed by atoms with Crippen molar-refractivity contribution in [3.63, 3.8) is 0 Å². The third-order valence-corrected chi connectivity index (χ3v) is 4.32. The molecule has 0 radical (unpaired) electrons. The quantitative estimate of drug-likeness (QED) is 0.873. The molecule has 3 rings (SSSR count). The van der Waals surface area contributed by atoms with Gasteiger partial charge in [0.05, 0.1) is 5.92 Å². The van der Waals surface area contributed by atoms with Crippen LogP contribution in [0.15, 0.2) is 48.8 Å². The highest BCUT2D eigenvalue weighted by atomic mass is 19.1. The minimum absolute atomic E-state index is 0.0377. The van der Waals surface area contributed by atoms with Crippen LogP contribution in [0.4, 0.5) is 4.39 Å². The molecular formula is C19H20FN3O2. The van der Waals surface area contributed by atoms with Crippen molar-refractivity contribution >= 4 is 11.8 Å². The number of benzene rings is 1.